The number of nitrogens with two attached hydrogens (primary N) is 1. The molecule has 2 rings (SSSR count). The van der Waals surface area contributed by atoms with Crippen LogP contribution >= 0.6 is 0 Å². The fraction of sp³-hybridized carbons (Fsp3) is 0.533. The molecule has 0 radical (unpaired) electrons. The molecule has 0 bridgehead atoms. The number of benzene rings is 1. The van der Waals surface area contributed by atoms with Gasteiger partial charge >= 0.3 is 0 Å². The Morgan fingerprint density at radius 1 is 1.42 bits per heavy atom. The lowest BCUT2D eigenvalue weighted by Gasteiger charge is -2.47. The highest BCUT2D eigenvalue weighted by molar-refractivity contribution is 5.78. The summed E-state index contributed by atoms with van der Waals surface area (Å²) in [6.45, 7) is 0.737. The molecule has 4 heteroatoms. The second-order valence-electron chi connectivity index (χ2n) is 5.67. The molecule has 104 valence electrons. The molecule has 0 heterocycles. The minimum atomic E-state index is 0.0683. The zero-order valence-corrected chi connectivity index (χ0v) is 11.8. The van der Waals surface area contributed by atoms with Crippen LogP contribution in [0.25, 0.3) is 0 Å². The van der Waals surface area contributed by atoms with Crippen LogP contribution in [-0.4, -0.2) is 37.0 Å². The van der Waals surface area contributed by atoms with Gasteiger partial charge in [0.2, 0.25) is 5.91 Å². The lowest BCUT2D eigenvalue weighted by molar-refractivity contribution is -0.121. The molecule has 1 aliphatic rings. The van der Waals surface area contributed by atoms with Gasteiger partial charge in [0.15, 0.2) is 0 Å². The maximum absolute atomic E-state index is 12.0. The smallest absolute Gasteiger partial charge is 0.224 e. The number of carbonyl (C=O) groups is 1. The van der Waals surface area contributed by atoms with Crippen molar-refractivity contribution in [2.45, 2.75) is 31.2 Å². The van der Waals surface area contributed by atoms with E-state index in [2.05, 4.69) is 24.3 Å². The van der Waals surface area contributed by atoms with Crippen molar-refractivity contribution in [3.8, 4) is 0 Å². The van der Waals surface area contributed by atoms with E-state index in [4.69, 9.17) is 5.73 Å². The van der Waals surface area contributed by atoms with Gasteiger partial charge in [-0.15, -0.1) is 0 Å². The minimum Gasteiger partial charge on any atom is -0.399 e. The monoisotopic (exact) mass is 261 g/mol. The molecule has 4 nitrogen and oxygen atoms in total. The second kappa shape index (κ2) is 5.61. The third-order valence-corrected chi connectivity index (χ3v) is 4.16. The van der Waals surface area contributed by atoms with E-state index in [9.17, 15) is 4.79 Å². The van der Waals surface area contributed by atoms with E-state index < -0.39 is 0 Å². The third-order valence-electron chi connectivity index (χ3n) is 4.16. The van der Waals surface area contributed by atoms with Gasteiger partial charge in [-0.25, -0.2) is 0 Å². The van der Waals surface area contributed by atoms with Crippen molar-refractivity contribution in [1.29, 1.82) is 0 Å². The standard InChI is InChI=1S/C15H23N3O/c1-18(2)15(7-4-8-15)11-17-14(19)10-12-5-3-6-13(16)9-12/h3,5-6,9H,4,7-8,10-11,16H2,1-2H3,(H,17,19). The molecule has 3 N–H and O–H groups in total. The minimum absolute atomic E-state index is 0.0683. The summed E-state index contributed by atoms with van der Waals surface area (Å²) < 4.78 is 0. The molecule has 0 unspecified atom stereocenters. The molecule has 1 saturated carbocycles. The van der Waals surface area contributed by atoms with E-state index in [1.165, 1.54) is 19.3 Å². The number of nitrogens with one attached hydrogen (secondary N) is 1. The fourth-order valence-corrected chi connectivity index (χ4v) is 2.58. The first-order chi connectivity index (χ1) is 9.02. The Balaban J connectivity index is 1.85. The van der Waals surface area contributed by atoms with Crippen LogP contribution in [0.5, 0.6) is 0 Å². The fourth-order valence-electron chi connectivity index (χ4n) is 2.58. The topological polar surface area (TPSA) is 58.4 Å². The van der Waals surface area contributed by atoms with Gasteiger partial charge in [0.25, 0.3) is 0 Å². The highest BCUT2D eigenvalue weighted by atomic mass is 16.1. The van der Waals surface area contributed by atoms with Crippen molar-refractivity contribution in [3.63, 3.8) is 0 Å². The average molecular weight is 261 g/mol. The zero-order valence-electron chi connectivity index (χ0n) is 11.8. The van der Waals surface area contributed by atoms with E-state index in [-0.39, 0.29) is 11.4 Å². The average Bonchev–Trinajstić information content (AvgIpc) is 2.26. The number of amides is 1. The van der Waals surface area contributed by atoms with E-state index in [1.807, 2.05) is 24.3 Å². The van der Waals surface area contributed by atoms with Crippen LogP contribution < -0.4 is 11.1 Å². The summed E-state index contributed by atoms with van der Waals surface area (Å²) in [5, 5.41) is 3.05. The number of rotatable bonds is 5. The third kappa shape index (κ3) is 3.26. The van der Waals surface area contributed by atoms with Crippen LogP contribution in [-0.2, 0) is 11.2 Å². The normalized spacial score (nSPS) is 17.0. The Morgan fingerprint density at radius 2 is 2.16 bits per heavy atom. The first kappa shape index (κ1) is 13.9. The Bertz CT molecular complexity index is 452. The Kier molecular flexibility index (Phi) is 4.10. The molecule has 1 amide bonds. The lowest BCUT2D eigenvalue weighted by Crippen LogP contribution is -2.57. The van der Waals surface area contributed by atoms with E-state index in [0.717, 1.165) is 12.1 Å². The van der Waals surface area contributed by atoms with Gasteiger partial charge in [0.1, 0.15) is 0 Å². The molecule has 0 atom stereocenters. The molecule has 1 aliphatic carbocycles. The molecule has 0 aliphatic heterocycles. The number of carbonyl (C=O) groups excluding carboxylic acids is 1. The molecule has 0 spiro atoms. The number of nitrogens with zero attached hydrogens (tertiary/aromatic N) is 1. The van der Waals surface area contributed by atoms with Gasteiger partial charge < -0.3 is 16.0 Å². The van der Waals surface area contributed by atoms with Gasteiger partial charge in [-0.2, -0.15) is 0 Å². The summed E-state index contributed by atoms with van der Waals surface area (Å²) >= 11 is 0. The predicted octanol–water partition coefficient (Wildman–Crippen LogP) is 1.41. The Labute approximate surface area is 115 Å². The summed E-state index contributed by atoms with van der Waals surface area (Å²) in [5.41, 5.74) is 7.55. The highest BCUT2D eigenvalue weighted by Crippen LogP contribution is 2.35. The molecular formula is C15H23N3O. The first-order valence-corrected chi connectivity index (χ1v) is 6.80. The van der Waals surface area contributed by atoms with Gasteiger partial charge in [0, 0.05) is 17.8 Å². The zero-order chi connectivity index (χ0) is 13.9. The largest absolute Gasteiger partial charge is 0.399 e. The van der Waals surface area contributed by atoms with Crippen molar-refractivity contribution in [2.24, 2.45) is 0 Å². The quantitative estimate of drug-likeness (QED) is 0.788. The summed E-state index contributed by atoms with van der Waals surface area (Å²) in [7, 11) is 4.17. The number of likely N-dealkylation sites (N-methyl/N-ethyl adjacent to an activating group) is 1. The number of nitrogen functional groups attached to an aromatic ring is 1. The van der Waals surface area contributed by atoms with Crippen LogP contribution in [0.3, 0.4) is 0 Å². The summed E-state index contributed by atoms with van der Waals surface area (Å²) in [6, 6.07) is 7.49. The van der Waals surface area contributed by atoms with Crippen LogP contribution in [0.4, 0.5) is 5.69 Å². The maximum atomic E-state index is 12.0. The number of anilines is 1. The van der Waals surface area contributed by atoms with Crippen molar-refractivity contribution in [2.75, 3.05) is 26.4 Å². The van der Waals surface area contributed by atoms with E-state index >= 15 is 0 Å². The molecule has 1 aromatic carbocycles. The summed E-state index contributed by atoms with van der Waals surface area (Å²) in [5.74, 6) is 0.0683. The van der Waals surface area contributed by atoms with Crippen molar-refractivity contribution >= 4 is 11.6 Å². The molecule has 0 saturated heterocycles. The van der Waals surface area contributed by atoms with Crippen LogP contribution in [0, 0.1) is 0 Å². The van der Waals surface area contributed by atoms with Crippen molar-refractivity contribution < 1.29 is 4.79 Å². The highest BCUT2D eigenvalue weighted by Gasteiger charge is 2.39. The molecule has 1 aromatic rings. The SMILES string of the molecule is CN(C)C1(CNC(=O)Cc2cccc(N)c2)CCC1. The van der Waals surface area contributed by atoms with E-state index in [1.54, 1.807) is 0 Å². The summed E-state index contributed by atoms with van der Waals surface area (Å²) in [6.07, 6.45) is 3.98. The predicted molar refractivity (Wildman–Crippen MR) is 77.8 cm³/mol. The molecule has 19 heavy (non-hydrogen) atoms. The molecular weight excluding hydrogens is 238 g/mol. The van der Waals surface area contributed by atoms with Crippen LogP contribution in [0.15, 0.2) is 24.3 Å². The van der Waals surface area contributed by atoms with Gasteiger partial charge in [-0.1, -0.05) is 12.1 Å². The molecule has 1 fully saturated rings. The van der Waals surface area contributed by atoms with Gasteiger partial charge in [-0.3, -0.25) is 4.79 Å². The molecule has 0 aromatic heterocycles. The maximum Gasteiger partial charge on any atom is 0.224 e. The van der Waals surface area contributed by atoms with Gasteiger partial charge in [-0.05, 0) is 51.1 Å². The van der Waals surface area contributed by atoms with E-state index in [0.29, 0.717) is 12.1 Å². The van der Waals surface area contributed by atoms with Crippen LogP contribution in [0.2, 0.25) is 0 Å². The first-order valence-electron chi connectivity index (χ1n) is 6.80. The number of hydrogen-bond donors (Lipinski definition) is 2. The van der Waals surface area contributed by atoms with Crippen molar-refractivity contribution in [1.82, 2.24) is 10.2 Å². The van der Waals surface area contributed by atoms with Gasteiger partial charge in [0.05, 0.1) is 6.42 Å². The second-order valence-corrected chi connectivity index (χ2v) is 5.67. The Hall–Kier alpha value is -1.55. The lowest BCUT2D eigenvalue weighted by atomic mass is 9.75. The Morgan fingerprint density at radius 3 is 2.68 bits per heavy atom. The van der Waals surface area contributed by atoms with Crippen molar-refractivity contribution in [3.05, 3.63) is 29.8 Å². The summed E-state index contributed by atoms with van der Waals surface area (Å²) in [4.78, 5) is 14.2. The van der Waals surface area contributed by atoms with Crippen LogP contribution in [0.1, 0.15) is 24.8 Å². The number of hydrogen-bond acceptors (Lipinski definition) is 3.